The molecule has 0 saturated carbocycles. The average Bonchev–Trinajstić information content (AvgIpc) is 1.85. The Morgan fingerprint density at radius 1 is 1.36 bits per heavy atom. The number of carboxylic acids is 1. The summed E-state index contributed by atoms with van der Waals surface area (Å²) in [5.74, 6) is -2.48. The molecule has 2 N–H and O–H groups in total. The van der Waals surface area contributed by atoms with Gasteiger partial charge in [-0.05, 0) is 0 Å². The van der Waals surface area contributed by atoms with Crippen molar-refractivity contribution in [2.45, 2.75) is 0 Å². The second kappa shape index (κ2) is 2.37. The lowest BCUT2D eigenvalue weighted by atomic mass is 10.6. The van der Waals surface area contributed by atoms with Gasteiger partial charge in [0.25, 0.3) is 0 Å². The van der Waals surface area contributed by atoms with Crippen LogP contribution in [0.3, 0.4) is 0 Å². The summed E-state index contributed by atoms with van der Waals surface area (Å²) < 4.78 is 0. The van der Waals surface area contributed by atoms with Crippen molar-refractivity contribution in [1.82, 2.24) is 15.0 Å². The van der Waals surface area contributed by atoms with Gasteiger partial charge < -0.3 is 9.90 Å². The highest BCUT2D eigenvalue weighted by molar-refractivity contribution is 5.80. The molecule has 1 aromatic rings. The van der Waals surface area contributed by atoms with Crippen LogP contribution < -0.4 is 16.5 Å². The van der Waals surface area contributed by atoms with Gasteiger partial charge in [-0.15, -0.1) is 0 Å². The van der Waals surface area contributed by atoms with Crippen molar-refractivity contribution in [2.24, 2.45) is 0 Å². The summed E-state index contributed by atoms with van der Waals surface area (Å²) >= 11 is 0. The van der Waals surface area contributed by atoms with E-state index >= 15 is 0 Å². The molecule has 0 spiro atoms. The van der Waals surface area contributed by atoms with Crippen molar-refractivity contribution in [3.05, 3.63) is 26.8 Å². The number of aromatic amines is 2. The molecule has 11 heavy (non-hydrogen) atoms. The fourth-order valence-electron chi connectivity index (χ4n) is 0.490. The molecular formula is C4H2N3O4-. The van der Waals surface area contributed by atoms with Gasteiger partial charge in [-0.25, -0.2) is 9.59 Å². The van der Waals surface area contributed by atoms with Crippen molar-refractivity contribution < 1.29 is 9.90 Å². The van der Waals surface area contributed by atoms with E-state index < -0.39 is 23.2 Å². The number of aromatic nitrogens is 3. The highest BCUT2D eigenvalue weighted by atomic mass is 16.4. The van der Waals surface area contributed by atoms with Crippen LogP contribution in [0.15, 0.2) is 9.59 Å². The highest BCUT2D eigenvalue weighted by Crippen LogP contribution is 1.71. The van der Waals surface area contributed by atoms with Crippen LogP contribution in [0.2, 0.25) is 0 Å². The lowest BCUT2D eigenvalue weighted by Gasteiger charge is -1.96. The summed E-state index contributed by atoms with van der Waals surface area (Å²) in [6, 6.07) is 0. The Balaban J connectivity index is 3.42. The smallest absolute Gasteiger partial charge is 0.351 e. The molecule has 0 radical (unpaired) electrons. The van der Waals surface area contributed by atoms with Crippen molar-refractivity contribution in [3.63, 3.8) is 0 Å². The minimum Gasteiger partial charge on any atom is -0.542 e. The molecule has 0 aliphatic carbocycles. The fraction of sp³-hybridized carbons (Fsp3) is 0. The molecule has 0 aromatic carbocycles. The SMILES string of the molecule is O=C([O-])c1nc(=O)[nH]c(=O)[nH]1. The van der Waals surface area contributed by atoms with Crippen molar-refractivity contribution in [1.29, 1.82) is 0 Å². The molecule has 1 aromatic heterocycles. The summed E-state index contributed by atoms with van der Waals surface area (Å²) in [6.07, 6.45) is 0. The van der Waals surface area contributed by atoms with Crippen LogP contribution in [0.5, 0.6) is 0 Å². The van der Waals surface area contributed by atoms with Crippen LogP contribution in [0, 0.1) is 0 Å². The molecule has 0 aliphatic heterocycles. The van der Waals surface area contributed by atoms with Crippen LogP contribution in [0.1, 0.15) is 10.6 Å². The van der Waals surface area contributed by atoms with Gasteiger partial charge >= 0.3 is 11.4 Å². The largest absolute Gasteiger partial charge is 0.542 e. The van der Waals surface area contributed by atoms with Gasteiger partial charge in [0.05, 0.1) is 0 Å². The van der Waals surface area contributed by atoms with E-state index in [9.17, 15) is 19.5 Å². The second-order valence-corrected chi connectivity index (χ2v) is 1.63. The molecule has 0 fully saturated rings. The van der Waals surface area contributed by atoms with Gasteiger partial charge in [-0.2, -0.15) is 4.98 Å². The van der Waals surface area contributed by atoms with Crippen LogP contribution in [0.4, 0.5) is 0 Å². The maximum atomic E-state index is 10.4. The van der Waals surface area contributed by atoms with E-state index in [-0.39, 0.29) is 0 Å². The number of carboxylic acid groups (broad SMARTS) is 1. The molecule has 0 atom stereocenters. The predicted molar refractivity (Wildman–Crippen MR) is 29.8 cm³/mol. The number of carbonyl (C=O) groups excluding carboxylic acids is 1. The Morgan fingerprint density at radius 3 is 2.45 bits per heavy atom. The van der Waals surface area contributed by atoms with E-state index in [4.69, 9.17) is 0 Å². The van der Waals surface area contributed by atoms with E-state index in [0.717, 1.165) is 0 Å². The Labute approximate surface area is 58.7 Å². The first-order valence-corrected chi connectivity index (χ1v) is 2.51. The zero-order chi connectivity index (χ0) is 8.43. The summed E-state index contributed by atoms with van der Waals surface area (Å²) in [5, 5.41) is 10.0. The molecule has 1 rings (SSSR count). The molecule has 0 saturated heterocycles. The van der Waals surface area contributed by atoms with Crippen LogP contribution in [-0.4, -0.2) is 20.9 Å². The summed E-state index contributed by atoms with van der Waals surface area (Å²) in [7, 11) is 0. The Kier molecular flexibility index (Phi) is 1.55. The molecule has 7 heteroatoms. The van der Waals surface area contributed by atoms with Gasteiger partial charge in [0.15, 0.2) is 5.82 Å². The van der Waals surface area contributed by atoms with E-state index in [2.05, 4.69) is 4.98 Å². The van der Waals surface area contributed by atoms with Gasteiger partial charge in [-0.3, -0.25) is 9.97 Å². The number of rotatable bonds is 1. The Hall–Kier alpha value is -1.92. The lowest BCUT2D eigenvalue weighted by Crippen LogP contribution is -2.34. The first kappa shape index (κ1) is 7.19. The first-order chi connectivity index (χ1) is 5.09. The van der Waals surface area contributed by atoms with Crippen LogP contribution in [-0.2, 0) is 0 Å². The van der Waals surface area contributed by atoms with Crippen LogP contribution >= 0.6 is 0 Å². The average molecular weight is 156 g/mol. The normalized spacial score (nSPS) is 9.45. The number of carbonyl (C=O) groups is 1. The number of H-pyrrole nitrogens is 2. The monoisotopic (exact) mass is 156 g/mol. The molecule has 7 nitrogen and oxygen atoms in total. The Bertz CT molecular complexity index is 361. The summed E-state index contributed by atoms with van der Waals surface area (Å²) in [6.45, 7) is 0. The zero-order valence-electron chi connectivity index (χ0n) is 5.08. The highest BCUT2D eigenvalue weighted by Gasteiger charge is 1.96. The first-order valence-electron chi connectivity index (χ1n) is 2.51. The molecule has 0 amide bonds. The van der Waals surface area contributed by atoms with Crippen LogP contribution in [0.25, 0.3) is 0 Å². The lowest BCUT2D eigenvalue weighted by molar-refractivity contribution is -0.256. The minimum atomic E-state index is -1.70. The molecule has 0 bridgehead atoms. The van der Waals surface area contributed by atoms with Crippen molar-refractivity contribution in [2.75, 3.05) is 0 Å². The van der Waals surface area contributed by atoms with Crippen molar-refractivity contribution in [3.8, 4) is 0 Å². The van der Waals surface area contributed by atoms with Gasteiger partial charge in [-0.1, -0.05) is 0 Å². The van der Waals surface area contributed by atoms with E-state index in [1.807, 2.05) is 0 Å². The van der Waals surface area contributed by atoms with E-state index in [0.29, 0.717) is 0 Å². The number of nitrogens with zero attached hydrogens (tertiary/aromatic N) is 1. The maximum Gasteiger partial charge on any atom is 0.351 e. The molecule has 0 aliphatic rings. The molecule has 0 unspecified atom stereocenters. The van der Waals surface area contributed by atoms with Gasteiger partial charge in [0.2, 0.25) is 0 Å². The number of nitrogens with one attached hydrogen (secondary N) is 2. The van der Waals surface area contributed by atoms with E-state index in [1.165, 1.54) is 0 Å². The number of aromatic carboxylic acids is 1. The summed E-state index contributed by atoms with van der Waals surface area (Å²) in [5.41, 5.74) is -1.95. The molecule has 58 valence electrons. The second-order valence-electron chi connectivity index (χ2n) is 1.63. The summed E-state index contributed by atoms with van der Waals surface area (Å²) in [4.78, 5) is 37.1. The maximum absolute atomic E-state index is 10.4. The quantitative estimate of drug-likeness (QED) is 0.444. The van der Waals surface area contributed by atoms with Crippen molar-refractivity contribution >= 4 is 5.97 Å². The molecule has 1 heterocycles. The third kappa shape index (κ3) is 1.51. The third-order valence-electron chi connectivity index (χ3n) is 0.859. The number of hydrogen-bond donors (Lipinski definition) is 2. The van der Waals surface area contributed by atoms with Gasteiger partial charge in [0.1, 0.15) is 5.97 Å². The fourth-order valence-corrected chi connectivity index (χ4v) is 0.490. The predicted octanol–water partition coefficient (Wildman–Crippen LogP) is -3.18. The zero-order valence-corrected chi connectivity index (χ0v) is 5.08. The topological polar surface area (TPSA) is 119 Å². The van der Waals surface area contributed by atoms with E-state index in [1.54, 1.807) is 9.97 Å². The number of hydrogen-bond acceptors (Lipinski definition) is 5. The Morgan fingerprint density at radius 2 is 2.00 bits per heavy atom. The van der Waals surface area contributed by atoms with Gasteiger partial charge in [0, 0.05) is 0 Å². The molecular weight excluding hydrogens is 154 g/mol. The minimum absolute atomic E-state index is 0.779. The third-order valence-corrected chi connectivity index (χ3v) is 0.859. The standard InChI is InChI=1S/C4H3N3O4/c8-2(9)1-5-3(10)7-4(11)6-1/h(H,8,9)(H2,5,6,7,10,11)/p-1.